The lowest BCUT2D eigenvalue weighted by Crippen LogP contribution is -2.54. The molecule has 1 atom stereocenters. The lowest BCUT2D eigenvalue weighted by Gasteiger charge is -2.27. The van der Waals surface area contributed by atoms with Crippen molar-refractivity contribution in [3.05, 3.63) is 46.8 Å². The van der Waals surface area contributed by atoms with Gasteiger partial charge in [-0.15, -0.1) is 5.10 Å². The number of amides is 4. The average Bonchev–Trinajstić information content (AvgIpc) is 3.25. The SMILES string of the molecule is O=C1CCC(N2C(=O)c3ccc(CNCc4cn(C5CNC5)nn4)cc3C2=O)C(=O)N1. The molecule has 1 aromatic carbocycles. The summed E-state index contributed by atoms with van der Waals surface area (Å²) in [5.74, 6) is -2.02. The molecule has 2 aromatic rings. The van der Waals surface area contributed by atoms with Crippen LogP contribution in [0.1, 0.15) is 50.9 Å². The van der Waals surface area contributed by atoms with Crippen molar-refractivity contribution in [2.24, 2.45) is 0 Å². The van der Waals surface area contributed by atoms with Gasteiger partial charge in [0.05, 0.1) is 29.1 Å². The van der Waals surface area contributed by atoms with E-state index in [0.717, 1.165) is 29.2 Å². The Morgan fingerprint density at radius 1 is 1.06 bits per heavy atom. The molecule has 0 bridgehead atoms. The minimum atomic E-state index is -0.958. The Balaban J connectivity index is 1.24. The number of piperidine rings is 1. The Hall–Kier alpha value is -3.44. The third-order valence-corrected chi connectivity index (χ3v) is 5.83. The largest absolute Gasteiger partial charge is 0.312 e. The van der Waals surface area contributed by atoms with Crippen molar-refractivity contribution in [3.8, 4) is 0 Å². The zero-order chi connectivity index (χ0) is 21.5. The number of benzene rings is 1. The van der Waals surface area contributed by atoms with Crippen LogP contribution in [0.5, 0.6) is 0 Å². The smallest absolute Gasteiger partial charge is 0.262 e. The number of carbonyl (C=O) groups is 4. The summed E-state index contributed by atoms with van der Waals surface area (Å²) in [7, 11) is 0. The summed E-state index contributed by atoms with van der Waals surface area (Å²) in [4.78, 5) is 50.1. The molecule has 0 radical (unpaired) electrons. The molecule has 11 heteroatoms. The molecule has 3 aliphatic heterocycles. The van der Waals surface area contributed by atoms with Gasteiger partial charge >= 0.3 is 0 Å². The molecule has 1 aromatic heterocycles. The molecule has 4 heterocycles. The summed E-state index contributed by atoms with van der Waals surface area (Å²) in [6, 6.07) is 4.46. The number of carbonyl (C=O) groups excluding carboxylic acids is 4. The molecule has 0 aliphatic carbocycles. The molecule has 2 saturated heterocycles. The van der Waals surface area contributed by atoms with Gasteiger partial charge in [-0.1, -0.05) is 11.3 Å². The highest BCUT2D eigenvalue weighted by Gasteiger charge is 2.44. The number of hydrogen-bond acceptors (Lipinski definition) is 8. The molecule has 11 nitrogen and oxygen atoms in total. The monoisotopic (exact) mass is 423 g/mol. The highest BCUT2D eigenvalue weighted by atomic mass is 16.2. The zero-order valence-corrected chi connectivity index (χ0v) is 16.6. The number of rotatable bonds is 6. The van der Waals surface area contributed by atoms with Crippen LogP contribution in [0.4, 0.5) is 0 Å². The average molecular weight is 423 g/mol. The van der Waals surface area contributed by atoms with Crippen LogP contribution in [0.15, 0.2) is 24.4 Å². The van der Waals surface area contributed by atoms with E-state index in [9.17, 15) is 19.2 Å². The van der Waals surface area contributed by atoms with Gasteiger partial charge in [0, 0.05) is 32.6 Å². The predicted molar refractivity (Wildman–Crippen MR) is 106 cm³/mol. The zero-order valence-electron chi connectivity index (χ0n) is 16.6. The van der Waals surface area contributed by atoms with Crippen LogP contribution in [0.2, 0.25) is 0 Å². The van der Waals surface area contributed by atoms with Crippen molar-refractivity contribution < 1.29 is 19.2 Å². The Labute approximate surface area is 177 Å². The third-order valence-electron chi connectivity index (χ3n) is 5.83. The van der Waals surface area contributed by atoms with Crippen molar-refractivity contribution in [1.82, 2.24) is 35.8 Å². The van der Waals surface area contributed by atoms with Crippen molar-refractivity contribution in [2.45, 2.75) is 38.0 Å². The van der Waals surface area contributed by atoms with Crippen LogP contribution < -0.4 is 16.0 Å². The molecule has 0 saturated carbocycles. The lowest BCUT2D eigenvalue weighted by atomic mass is 10.0. The molecular weight excluding hydrogens is 402 g/mol. The number of hydrogen-bond donors (Lipinski definition) is 3. The summed E-state index contributed by atoms with van der Waals surface area (Å²) in [5, 5.41) is 17.0. The molecule has 160 valence electrons. The summed E-state index contributed by atoms with van der Waals surface area (Å²) >= 11 is 0. The van der Waals surface area contributed by atoms with Gasteiger partial charge in [-0.3, -0.25) is 29.4 Å². The van der Waals surface area contributed by atoms with Gasteiger partial charge in [0.1, 0.15) is 6.04 Å². The fourth-order valence-corrected chi connectivity index (χ4v) is 4.00. The molecule has 5 rings (SSSR count). The highest BCUT2D eigenvalue weighted by Crippen LogP contribution is 2.28. The van der Waals surface area contributed by atoms with Crippen LogP contribution in [0, 0.1) is 0 Å². The van der Waals surface area contributed by atoms with E-state index in [4.69, 9.17) is 0 Å². The summed E-state index contributed by atoms with van der Waals surface area (Å²) in [5.41, 5.74) is 2.21. The van der Waals surface area contributed by atoms with Gasteiger partial charge in [0.25, 0.3) is 11.8 Å². The second kappa shape index (κ2) is 7.67. The Morgan fingerprint density at radius 3 is 2.61 bits per heavy atom. The first-order chi connectivity index (χ1) is 15.0. The first-order valence-electron chi connectivity index (χ1n) is 10.2. The van der Waals surface area contributed by atoms with E-state index in [1.54, 1.807) is 18.2 Å². The number of nitrogens with zero attached hydrogens (tertiary/aromatic N) is 4. The summed E-state index contributed by atoms with van der Waals surface area (Å²) in [6.45, 7) is 2.79. The number of imide groups is 2. The molecule has 3 aliphatic rings. The second-order valence-corrected chi connectivity index (χ2v) is 7.93. The van der Waals surface area contributed by atoms with Crippen molar-refractivity contribution in [3.63, 3.8) is 0 Å². The number of fused-ring (bicyclic) bond motifs is 1. The quantitative estimate of drug-likeness (QED) is 0.509. The van der Waals surface area contributed by atoms with Crippen molar-refractivity contribution >= 4 is 23.6 Å². The molecule has 4 amide bonds. The van der Waals surface area contributed by atoms with E-state index in [1.807, 2.05) is 10.9 Å². The fraction of sp³-hybridized carbons (Fsp3) is 0.400. The Morgan fingerprint density at radius 2 is 1.87 bits per heavy atom. The number of aromatic nitrogens is 3. The van der Waals surface area contributed by atoms with Crippen molar-refractivity contribution in [2.75, 3.05) is 13.1 Å². The first-order valence-corrected chi connectivity index (χ1v) is 10.2. The van der Waals surface area contributed by atoms with E-state index in [0.29, 0.717) is 19.1 Å². The summed E-state index contributed by atoms with van der Waals surface area (Å²) in [6.07, 6.45) is 2.16. The van der Waals surface area contributed by atoms with Crippen LogP contribution in [-0.2, 0) is 22.7 Å². The summed E-state index contributed by atoms with van der Waals surface area (Å²) < 4.78 is 1.86. The lowest BCUT2D eigenvalue weighted by molar-refractivity contribution is -0.136. The van der Waals surface area contributed by atoms with Gasteiger partial charge < -0.3 is 10.6 Å². The fourth-order valence-electron chi connectivity index (χ4n) is 4.00. The minimum absolute atomic E-state index is 0.0981. The standard InChI is InChI=1S/C20H21N7O4/c28-17-4-3-16(18(29)23-17)27-19(30)14-2-1-11(5-15(14)20(27)31)6-21-7-12-10-26(25-24-12)13-8-22-9-13/h1-2,5,10,13,16,21-22H,3-4,6-9H2,(H,23,28,29). The predicted octanol–water partition coefficient (Wildman–Crippen LogP) is -0.887. The Bertz CT molecular complexity index is 1090. The van der Waals surface area contributed by atoms with E-state index in [1.165, 1.54) is 0 Å². The molecular formula is C20H21N7O4. The molecule has 1 unspecified atom stereocenters. The third kappa shape index (κ3) is 3.51. The maximum atomic E-state index is 12.9. The number of nitrogens with one attached hydrogen (secondary N) is 3. The van der Waals surface area contributed by atoms with Crippen LogP contribution in [0.25, 0.3) is 0 Å². The van der Waals surface area contributed by atoms with E-state index in [-0.39, 0.29) is 24.0 Å². The molecule has 0 spiro atoms. The second-order valence-electron chi connectivity index (χ2n) is 7.93. The van der Waals surface area contributed by atoms with E-state index in [2.05, 4.69) is 26.3 Å². The molecule has 31 heavy (non-hydrogen) atoms. The maximum absolute atomic E-state index is 12.9. The topological polar surface area (TPSA) is 138 Å². The molecule has 3 N–H and O–H groups in total. The van der Waals surface area contributed by atoms with Gasteiger partial charge in [-0.25, -0.2) is 4.68 Å². The van der Waals surface area contributed by atoms with Crippen LogP contribution >= 0.6 is 0 Å². The minimum Gasteiger partial charge on any atom is -0.312 e. The molecule has 2 fully saturated rings. The van der Waals surface area contributed by atoms with E-state index < -0.39 is 29.7 Å². The van der Waals surface area contributed by atoms with E-state index >= 15 is 0 Å². The van der Waals surface area contributed by atoms with Gasteiger partial charge in [-0.05, 0) is 24.1 Å². The highest BCUT2D eigenvalue weighted by molar-refractivity contribution is 6.23. The van der Waals surface area contributed by atoms with Gasteiger partial charge in [-0.2, -0.15) is 0 Å². The normalized spacial score (nSPS) is 21.3. The first kappa shape index (κ1) is 19.5. The Kier molecular flexibility index (Phi) is 4.83. The maximum Gasteiger partial charge on any atom is 0.262 e. The van der Waals surface area contributed by atoms with Crippen LogP contribution in [0.3, 0.4) is 0 Å². The van der Waals surface area contributed by atoms with Gasteiger partial charge in [0.2, 0.25) is 11.8 Å². The van der Waals surface area contributed by atoms with Gasteiger partial charge in [0.15, 0.2) is 0 Å². The van der Waals surface area contributed by atoms with Crippen LogP contribution in [-0.4, -0.2) is 62.7 Å². The van der Waals surface area contributed by atoms with Crippen molar-refractivity contribution in [1.29, 1.82) is 0 Å².